The van der Waals surface area contributed by atoms with Crippen LogP contribution >= 0.6 is 0 Å². The minimum atomic E-state index is -0.442. The Kier molecular flexibility index (Phi) is 8.46. The minimum absolute atomic E-state index is 0.120. The van der Waals surface area contributed by atoms with Gasteiger partial charge in [-0.1, -0.05) is 57.2 Å². The number of amides is 3. The highest BCUT2D eigenvalue weighted by atomic mass is 16.5. The molecule has 1 heterocycles. The molecule has 3 N–H and O–H groups in total. The van der Waals surface area contributed by atoms with Gasteiger partial charge >= 0.3 is 6.03 Å². The van der Waals surface area contributed by atoms with E-state index in [9.17, 15) is 9.59 Å². The van der Waals surface area contributed by atoms with Crippen molar-refractivity contribution in [1.29, 1.82) is 0 Å². The van der Waals surface area contributed by atoms with E-state index in [1.807, 2.05) is 54.6 Å². The van der Waals surface area contributed by atoms with Crippen molar-refractivity contribution < 1.29 is 19.1 Å². The van der Waals surface area contributed by atoms with Crippen molar-refractivity contribution in [3.05, 3.63) is 102 Å². The van der Waals surface area contributed by atoms with Crippen LogP contribution in [0.2, 0.25) is 0 Å². The van der Waals surface area contributed by atoms with Crippen LogP contribution in [-0.4, -0.2) is 16.9 Å². The number of nitrogens with zero attached hydrogens (tertiary/aromatic N) is 1. The Morgan fingerprint density at radius 2 is 1.59 bits per heavy atom. The molecule has 8 nitrogen and oxygen atoms in total. The second-order valence-electron chi connectivity index (χ2n) is 9.98. The molecule has 3 amide bonds. The largest absolute Gasteiger partial charge is 0.489 e. The van der Waals surface area contributed by atoms with Crippen LogP contribution in [0.15, 0.2) is 91.1 Å². The summed E-state index contributed by atoms with van der Waals surface area (Å²) in [5.41, 5.74) is 3.58. The van der Waals surface area contributed by atoms with Gasteiger partial charge in [-0.15, -0.1) is 0 Å². The van der Waals surface area contributed by atoms with Crippen LogP contribution < -0.4 is 25.4 Å². The van der Waals surface area contributed by atoms with Crippen molar-refractivity contribution in [2.45, 2.75) is 39.7 Å². The molecule has 3 aromatic carbocycles. The smallest absolute Gasteiger partial charge is 0.323 e. The Labute approximate surface area is 228 Å². The van der Waals surface area contributed by atoms with Crippen molar-refractivity contribution in [3.63, 3.8) is 0 Å². The molecule has 200 valence electrons. The lowest BCUT2D eigenvalue weighted by Crippen LogP contribution is -2.20. The van der Waals surface area contributed by atoms with E-state index in [1.54, 1.807) is 36.5 Å². The Bertz CT molecular complexity index is 1450. The number of urea groups is 1. The summed E-state index contributed by atoms with van der Waals surface area (Å²) in [6, 6.07) is 25.3. The molecule has 0 unspecified atom stereocenters. The molecular weight excluding hydrogens is 492 g/mol. The quantitative estimate of drug-likeness (QED) is 0.224. The molecule has 0 fully saturated rings. The van der Waals surface area contributed by atoms with E-state index in [4.69, 9.17) is 9.47 Å². The average molecular weight is 525 g/mol. The van der Waals surface area contributed by atoms with E-state index in [2.05, 4.69) is 41.7 Å². The highest BCUT2D eigenvalue weighted by Crippen LogP contribution is 2.35. The Hall–Kier alpha value is -4.85. The summed E-state index contributed by atoms with van der Waals surface area (Å²) in [6.07, 6.45) is 1.62. The van der Waals surface area contributed by atoms with Gasteiger partial charge < -0.3 is 25.4 Å². The standard InChI is InChI=1S/C31H32N4O4/c1-21(36)33-23-16-14-22(15-17-23)20-38-25-10-7-9-24(19-25)34-30(37)35-27-12-8-18-32-29(27)39-28-13-6-5-11-26(28)31(2,3)4/h5-19H,20H2,1-4H3,(H,33,36)(H2,34,35,37). The van der Waals surface area contributed by atoms with Crippen LogP contribution in [0.4, 0.5) is 21.9 Å². The fourth-order valence-electron chi connectivity index (χ4n) is 3.85. The zero-order valence-corrected chi connectivity index (χ0v) is 22.4. The lowest BCUT2D eigenvalue weighted by molar-refractivity contribution is -0.114. The van der Waals surface area contributed by atoms with Gasteiger partial charge in [0.25, 0.3) is 0 Å². The fraction of sp³-hybridized carbons (Fsp3) is 0.194. The summed E-state index contributed by atoms with van der Waals surface area (Å²) in [6.45, 7) is 8.14. The molecule has 39 heavy (non-hydrogen) atoms. The molecule has 8 heteroatoms. The molecule has 0 aliphatic carbocycles. The lowest BCUT2D eigenvalue weighted by atomic mass is 9.86. The molecule has 0 spiro atoms. The van der Waals surface area contributed by atoms with Crippen LogP contribution in [0.5, 0.6) is 17.4 Å². The maximum Gasteiger partial charge on any atom is 0.323 e. The van der Waals surface area contributed by atoms with Crippen molar-refractivity contribution in [2.24, 2.45) is 0 Å². The highest BCUT2D eigenvalue weighted by Gasteiger charge is 2.20. The van der Waals surface area contributed by atoms with Gasteiger partial charge in [-0.05, 0) is 53.4 Å². The molecule has 0 bridgehead atoms. The van der Waals surface area contributed by atoms with Gasteiger partial charge in [0.2, 0.25) is 11.8 Å². The normalized spacial score (nSPS) is 10.9. The predicted octanol–water partition coefficient (Wildman–Crippen LogP) is 7.35. The summed E-state index contributed by atoms with van der Waals surface area (Å²) < 4.78 is 12.0. The molecule has 4 aromatic rings. The number of carbonyl (C=O) groups is 2. The molecule has 0 saturated heterocycles. The molecule has 0 aliphatic rings. The minimum Gasteiger partial charge on any atom is -0.489 e. The van der Waals surface area contributed by atoms with E-state index in [-0.39, 0.29) is 11.3 Å². The Morgan fingerprint density at radius 1 is 0.821 bits per heavy atom. The Morgan fingerprint density at radius 3 is 2.33 bits per heavy atom. The molecule has 0 atom stereocenters. The number of aromatic nitrogens is 1. The number of anilines is 3. The first-order valence-corrected chi connectivity index (χ1v) is 12.6. The van der Waals surface area contributed by atoms with Gasteiger partial charge in [-0.2, -0.15) is 0 Å². The summed E-state index contributed by atoms with van der Waals surface area (Å²) in [5.74, 6) is 1.46. The fourth-order valence-corrected chi connectivity index (χ4v) is 3.85. The number of rotatable bonds is 8. The van der Waals surface area contributed by atoms with Gasteiger partial charge in [0.05, 0.1) is 0 Å². The number of nitrogens with one attached hydrogen (secondary N) is 3. The third-order valence-corrected chi connectivity index (χ3v) is 5.69. The molecular formula is C31H32N4O4. The first-order chi connectivity index (χ1) is 18.7. The van der Waals surface area contributed by atoms with Gasteiger partial charge in [0.15, 0.2) is 0 Å². The predicted molar refractivity (Wildman–Crippen MR) is 154 cm³/mol. The van der Waals surface area contributed by atoms with Crippen LogP contribution in [0, 0.1) is 0 Å². The summed E-state index contributed by atoms with van der Waals surface area (Å²) in [4.78, 5) is 28.3. The number of ether oxygens (including phenoxy) is 2. The van der Waals surface area contributed by atoms with Crippen molar-refractivity contribution >= 4 is 29.0 Å². The summed E-state index contributed by atoms with van der Waals surface area (Å²) in [5, 5.41) is 8.39. The van der Waals surface area contributed by atoms with E-state index in [1.165, 1.54) is 6.92 Å². The molecule has 4 rings (SSSR count). The molecule has 0 aliphatic heterocycles. The second kappa shape index (κ2) is 12.1. The van der Waals surface area contributed by atoms with Crippen LogP contribution in [0.3, 0.4) is 0 Å². The number of pyridine rings is 1. The average Bonchev–Trinajstić information content (AvgIpc) is 2.89. The van der Waals surface area contributed by atoms with Gasteiger partial charge in [-0.3, -0.25) is 4.79 Å². The second-order valence-corrected chi connectivity index (χ2v) is 9.98. The maximum absolute atomic E-state index is 12.8. The number of benzene rings is 3. The lowest BCUT2D eigenvalue weighted by Gasteiger charge is -2.22. The monoisotopic (exact) mass is 524 g/mol. The molecule has 0 saturated carbocycles. The van der Waals surface area contributed by atoms with E-state index < -0.39 is 6.03 Å². The number of carbonyl (C=O) groups excluding carboxylic acids is 2. The topological polar surface area (TPSA) is 102 Å². The number of para-hydroxylation sites is 1. The number of hydrogen-bond acceptors (Lipinski definition) is 5. The van der Waals surface area contributed by atoms with Gasteiger partial charge in [0.1, 0.15) is 23.8 Å². The first kappa shape index (κ1) is 27.2. The maximum atomic E-state index is 12.8. The van der Waals surface area contributed by atoms with Crippen LogP contribution in [0.25, 0.3) is 0 Å². The first-order valence-electron chi connectivity index (χ1n) is 12.6. The van der Waals surface area contributed by atoms with Crippen molar-refractivity contribution in [1.82, 2.24) is 4.98 Å². The van der Waals surface area contributed by atoms with Gasteiger partial charge in [-0.25, -0.2) is 9.78 Å². The third kappa shape index (κ3) is 7.82. The summed E-state index contributed by atoms with van der Waals surface area (Å²) in [7, 11) is 0. The molecule has 0 radical (unpaired) electrons. The van der Waals surface area contributed by atoms with E-state index >= 15 is 0 Å². The zero-order valence-electron chi connectivity index (χ0n) is 22.4. The highest BCUT2D eigenvalue weighted by molar-refractivity contribution is 6.00. The van der Waals surface area contributed by atoms with Crippen molar-refractivity contribution in [2.75, 3.05) is 16.0 Å². The number of hydrogen-bond donors (Lipinski definition) is 3. The summed E-state index contributed by atoms with van der Waals surface area (Å²) >= 11 is 0. The molecule has 1 aromatic heterocycles. The van der Waals surface area contributed by atoms with Crippen LogP contribution in [-0.2, 0) is 16.8 Å². The van der Waals surface area contributed by atoms with Crippen LogP contribution in [0.1, 0.15) is 38.8 Å². The zero-order chi connectivity index (χ0) is 27.8. The Balaban J connectivity index is 1.38. The van der Waals surface area contributed by atoms with Gasteiger partial charge in [0, 0.05) is 36.1 Å². The SMILES string of the molecule is CC(=O)Nc1ccc(COc2cccc(NC(=O)Nc3cccnc3Oc3ccccc3C(C)(C)C)c2)cc1. The van der Waals surface area contributed by atoms with Crippen molar-refractivity contribution in [3.8, 4) is 17.4 Å². The third-order valence-electron chi connectivity index (χ3n) is 5.69. The van der Waals surface area contributed by atoms with E-state index in [0.717, 1.165) is 16.8 Å². The van der Waals surface area contributed by atoms with E-state index in [0.29, 0.717) is 35.4 Å².